The average Bonchev–Trinajstić information content (AvgIpc) is 3.47. The van der Waals surface area contributed by atoms with Crippen molar-refractivity contribution in [2.24, 2.45) is 0 Å². The Morgan fingerprint density at radius 1 is 1.15 bits per heavy atom. The second-order valence-corrected chi connectivity index (χ2v) is 9.94. The molecular weight excluding hydrogens is 551 g/mol. The van der Waals surface area contributed by atoms with Crippen LogP contribution in [0.3, 0.4) is 0 Å². The summed E-state index contributed by atoms with van der Waals surface area (Å²) in [6.45, 7) is 9.65. The van der Waals surface area contributed by atoms with Crippen LogP contribution in [0.1, 0.15) is 52.8 Å². The van der Waals surface area contributed by atoms with Gasteiger partial charge < -0.3 is 19.3 Å². The van der Waals surface area contributed by atoms with Crippen molar-refractivity contribution in [1.82, 2.24) is 4.98 Å². The summed E-state index contributed by atoms with van der Waals surface area (Å²) in [6.07, 6.45) is 2.19. The van der Waals surface area contributed by atoms with Crippen LogP contribution in [0.15, 0.2) is 60.7 Å². The van der Waals surface area contributed by atoms with Crippen LogP contribution >= 0.6 is 11.3 Å². The fourth-order valence-electron chi connectivity index (χ4n) is 4.28. The summed E-state index contributed by atoms with van der Waals surface area (Å²) in [5, 5.41) is 11.3. The van der Waals surface area contributed by atoms with Gasteiger partial charge in [0.25, 0.3) is 5.78 Å². The van der Waals surface area contributed by atoms with Gasteiger partial charge in [-0.05, 0) is 62.2 Å². The minimum absolute atomic E-state index is 0.0135. The Bertz CT molecular complexity index is 1510. The molecule has 2 aromatic carbocycles. The molecule has 4 rings (SSSR count). The largest absolute Gasteiger partial charge is 0.507 e. The van der Waals surface area contributed by atoms with Crippen molar-refractivity contribution in [3.63, 3.8) is 0 Å². The highest BCUT2D eigenvalue weighted by molar-refractivity contribution is 7.17. The SMILES string of the molecule is C=CCOC(=O)c1sc(N2C(=O)C(=O)/C(=C(/O)c3ccc(F)cc3)C2c2ccc(OCCC)c(OCC)c2)nc1C. The number of halogens is 1. The summed E-state index contributed by atoms with van der Waals surface area (Å²) in [4.78, 5) is 45.3. The van der Waals surface area contributed by atoms with Gasteiger partial charge in [-0.3, -0.25) is 14.5 Å². The van der Waals surface area contributed by atoms with Crippen LogP contribution in [0.4, 0.5) is 9.52 Å². The summed E-state index contributed by atoms with van der Waals surface area (Å²) < 4.78 is 30.4. The number of nitrogens with zero attached hydrogens (tertiary/aromatic N) is 2. The van der Waals surface area contributed by atoms with E-state index in [-0.39, 0.29) is 27.8 Å². The first-order valence-electron chi connectivity index (χ1n) is 12.9. The van der Waals surface area contributed by atoms with Gasteiger partial charge in [-0.2, -0.15) is 0 Å². The molecule has 0 aliphatic carbocycles. The third-order valence-electron chi connectivity index (χ3n) is 6.12. The second-order valence-electron chi connectivity index (χ2n) is 8.96. The number of aromatic nitrogens is 1. The van der Waals surface area contributed by atoms with E-state index in [0.717, 1.165) is 34.8 Å². The number of carbonyl (C=O) groups is 3. The monoisotopic (exact) mass is 580 g/mol. The number of rotatable bonds is 11. The molecule has 1 fully saturated rings. The number of thiazole rings is 1. The average molecular weight is 581 g/mol. The fourth-order valence-corrected chi connectivity index (χ4v) is 5.26. The van der Waals surface area contributed by atoms with E-state index in [9.17, 15) is 23.9 Å². The van der Waals surface area contributed by atoms with Crippen LogP contribution in [0.5, 0.6) is 11.5 Å². The smallest absolute Gasteiger partial charge is 0.350 e. The molecule has 0 radical (unpaired) electrons. The van der Waals surface area contributed by atoms with Crippen LogP contribution < -0.4 is 14.4 Å². The third-order valence-corrected chi connectivity index (χ3v) is 7.25. The Morgan fingerprint density at radius 3 is 2.54 bits per heavy atom. The van der Waals surface area contributed by atoms with Crippen LogP contribution in [-0.4, -0.2) is 47.6 Å². The molecule has 1 aliphatic rings. The predicted octanol–water partition coefficient (Wildman–Crippen LogP) is 5.75. The lowest BCUT2D eigenvalue weighted by Gasteiger charge is -2.24. The first-order valence-corrected chi connectivity index (χ1v) is 13.7. The molecule has 0 bridgehead atoms. The number of benzene rings is 2. The summed E-state index contributed by atoms with van der Waals surface area (Å²) in [6, 6.07) is 8.70. The van der Waals surface area contributed by atoms with Gasteiger partial charge in [-0.1, -0.05) is 37.0 Å². The number of aryl methyl sites for hydroxylation is 1. The molecule has 1 N–H and O–H groups in total. The lowest BCUT2D eigenvalue weighted by molar-refractivity contribution is -0.132. The van der Waals surface area contributed by atoms with Crippen molar-refractivity contribution in [3.05, 3.63) is 88.2 Å². The van der Waals surface area contributed by atoms with E-state index in [1.165, 1.54) is 18.2 Å². The normalized spacial score (nSPS) is 16.1. The maximum Gasteiger partial charge on any atom is 0.350 e. The maximum atomic E-state index is 13.6. The number of ether oxygens (including phenoxy) is 3. The molecule has 214 valence electrons. The Balaban J connectivity index is 1.91. The molecule has 1 atom stereocenters. The molecule has 41 heavy (non-hydrogen) atoms. The van der Waals surface area contributed by atoms with Gasteiger partial charge in [0.15, 0.2) is 16.6 Å². The van der Waals surface area contributed by atoms with E-state index in [0.29, 0.717) is 36.0 Å². The van der Waals surface area contributed by atoms with Gasteiger partial charge in [-0.15, -0.1) is 0 Å². The van der Waals surface area contributed by atoms with Gasteiger partial charge in [0.1, 0.15) is 23.1 Å². The first kappa shape index (κ1) is 29.5. The van der Waals surface area contributed by atoms with Crippen molar-refractivity contribution < 1.29 is 38.1 Å². The fraction of sp³-hybridized carbons (Fsp3) is 0.267. The minimum Gasteiger partial charge on any atom is -0.507 e. The zero-order chi connectivity index (χ0) is 29.7. The van der Waals surface area contributed by atoms with Gasteiger partial charge in [0, 0.05) is 5.56 Å². The van der Waals surface area contributed by atoms with Crippen LogP contribution in [0.2, 0.25) is 0 Å². The highest BCUT2D eigenvalue weighted by Gasteiger charge is 2.48. The standard InChI is InChI=1S/C30H29FN2O7S/c1-5-14-39-21-13-10-19(16-22(21)38-7-3)24-23(25(34)18-8-11-20(31)12-9-18)26(35)28(36)33(24)30-32-17(4)27(41-30)29(37)40-15-6-2/h6,8-13,16,24,34H,2,5,7,14-15H2,1,3-4H3/b25-23+. The second kappa shape index (κ2) is 12.8. The molecule has 2 heterocycles. The topological polar surface area (TPSA) is 115 Å². The number of aliphatic hydroxyl groups excluding tert-OH is 1. The van der Waals surface area contributed by atoms with E-state index in [1.54, 1.807) is 25.1 Å². The zero-order valence-electron chi connectivity index (χ0n) is 22.8. The Hall–Kier alpha value is -4.51. The molecule has 1 amide bonds. The minimum atomic E-state index is -1.15. The number of anilines is 1. The molecule has 1 aliphatic heterocycles. The van der Waals surface area contributed by atoms with Gasteiger partial charge >= 0.3 is 11.9 Å². The Kier molecular flexibility index (Phi) is 9.18. The van der Waals surface area contributed by atoms with E-state index in [2.05, 4.69) is 11.6 Å². The highest BCUT2D eigenvalue weighted by atomic mass is 32.1. The lowest BCUT2D eigenvalue weighted by atomic mass is 9.95. The number of hydrogen-bond donors (Lipinski definition) is 1. The van der Waals surface area contributed by atoms with Gasteiger partial charge in [-0.25, -0.2) is 14.2 Å². The molecule has 0 spiro atoms. The molecule has 1 aromatic heterocycles. The van der Waals surface area contributed by atoms with E-state index >= 15 is 0 Å². The van der Waals surface area contributed by atoms with Crippen LogP contribution in [-0.2, 0) is 14.3 Å². The predicted molar refractivity (Wildman–Crippen MR) is 152 cm³/mol. The van der Waals surface area contributed by atoms with Crippen LogP contribution in [0.25, 0.3) is 5.76 Å². The molecule has 1 unspecified atom stereocenters. The van der Waals surface area contributed by atoms with Crippen molar-refractivity contribution in [1.29, 1.82) is 0 Å². The number of esters is 1. The summed E-state index contributed by atoms with van der Waals surface area (Å²) in [7, 11) is 0. The quantitative estimate of drug-likeness (QED) is 0.100. The number of aliphatic hydroxyl groups is 1. The maximum absolute atomic E-state index is 13.6. The van der Waals surface area contributed by atoms with Crippen molar-refractivity contribution in [3.8, 4) is 11.5 Å². The van der Waals surface area contributed by atoms with Crippen LogP contribution in [0, 0.1) is 12.7 Å². The lowest BCUT2D eigenvalue weighted by Crippen LogP contribution is -2.29. The number of ketones is 1. The molecule has 1 saturated heterocycles. The van der Waals surface area contributed by atoms with Gasteiger partial charge in [0.2, 0.25) is 0 Å². The highest BCUT2D eigenvalue weighted by Crippen LogP contribution is 2.45. The molecule has 0 saturated carbocycles. The van der Waals surface area contributed by atoms with Crippen molar-refractivity contribution in [2.75, 3.05) is 24.7 Å². The molecule has 9 nitrogen and oxygen atoms in total. The van der Waals surface area contributed by atoms with Crippen molar-refractivity contribution >= 4 is 39.9 Å². The van der Waals surface area contributed by atoms with E-state index < -0.39 is 35.3 Å². The molecular formula is C30H29FN2O7S. The summed E-state index contributed by atoms with van der Waals surface area (Å²) in [5.74, 6) is -2.73. The van der Waals surface area contributed by atoms with E-state index in [1.807, 2.05) is 13.8 Å². The Labute approximate surface area is 240 Å². The van der Waals surface area contributed by atoms with Gasteiger partial charge in [0.05, 0.1) is 30.5 Å². The number of amides is 1. The Morgan fingerprint density at radius 2 is 1.88 bits per heavy atom. The van der Waals surface area contributed by atoms with Crippen molar-refractivity contribution in [2.45, 2.75) is 33.2 Å². The first-order chi connectivity index (χ1) is 19.7. The third kappa shape index (κ3) is 5.99. The van der Waals surface area contributed by atoms with E-state index in [4.69, 9.17) is 14.2 Å². The zero-order valence-corrected chi connectivity index (χ0v) is 23.6. The summed E-state index contributed by atoms with van der Waals surface area (Å²) in [5.41, 5.74) is 0.640. The summed E-state index contributed by atoms with van der Waals surface area (Å²) >= 11 is 0.883. The number of Topliss-reactive ketones (excluding diaryl/α,β-unsaturated/α-hetero) is 1. The number of hydrogen-bond acceptors (Lipinski definition) is 9. The molecule has 11 heteroatoms. The molecule has 3 aromatic rings. The number of carbonyl (C=O) groups excluding carboxylic acids is 3.